The van der Waals surface area contributed by atoms with Gasteiger partial charge < -0.3 is 10.5 Å². The van der Waals surface area contributed by atoms with Crippen molar-refractivity contribution in [3.63, 3.8) is 0 Å². The van der Waals surface area contributed by atoms with Crippen LogP contribution in [0.15, 0.2) is 6.20 Å². The molecule has 0 radical (unpaired) electrons. The van der Waals surface area contributed by atoms with Gasteiger partial charge in [-0.05, 0) is 20.8 Å². The van der Waals surface area contributed by atoms with Crippen molar-refractivity contribution in [3.8, 4) is 5.88 Å². The Bertz CT molecular complexity index is 286. The molecule has 0 fully saturated rings. The fourth-order valence-corrected chi connectivity index (χ4v) is 1.21. The second-order valence-corrected chi connectivity index (χ2v) is 3.97. The molecule has 0 saturated heterocycles. The molecule has 0 atom stereocenters. The second kappa shape index (κ2) is 3.38. The summed E-state index contributed by atoms with van der Waals surface area (Å²) < 4.78 is 7.10. The summed E-state index contributed by atoms with van der Waals surface area (Å²) in [6.07, 6.45) is 1.75. The van der Waals surface area contributed by atoms with Crippen LogP contribution in [-0.4, -0.2) is 16.9 Å². The molecule has 0 amide bonds. The van der Waals surface area contributed by atoms with Gasteiger partial charge in [0.05, 0.1) is 18.8 Å². The van der Waals surface area contributed by atoms with Gasteiger partial charge in [-0.1, -0.05) is 0 Å². The molecule has 0 aliphatic heterocycles. The van der Waals surface area contributed by atoms with E-state index in [1.165, 1.54) is 0 Å². The zero-order valence-electron chi connectivity index (χ0n) is 8.66. The monoisotopic (exact) mass is 183 g/mol. The van der Waals surface area contributed by atoms with Crippen LogP contribution in [0.2, 0.25) is 0 Å². The number of methoxy groups -OCH3 is 1. The Morgan fingerprint density at radius 3 is 2.54 bits per heavy atom. The summed E-state index contributed by atoms with van der Waals surface area (Å²) in [6.45, 7) is 6.67. The summed E-state index contributed by atoms with van der Waals surface area (Å²) in [4.78, 5) is 0. The zero-order valence-corrected chi connectivity index (χ0v) is 8.66. The molecule has 0 aliphatic carbocycles. The van der Waals surface area contributed by atoms with Gasteiger partial charge in [-0.15, -0.1) is 0 Å². The van der Waals surface area contributed by atoms with E-state index in [1.807, 2.05) is 4.68 Å². The van der Waals surface area contributed by atoms with Gasteiger partial charge in [-0.2, -0.15) is 5.10 Å². The molecule has 4 heteroatoms. The molecular weight excluding hydrogens is 166 g/mol. The van der Waals surface area contributed by atoms with Crippen molar-refractivity contribution < 1.29 is 4.74 Å². The van der Waals surface area contributed by atoms with Crippen LogP contribution in [0.4, 0.5) is 0 Å². The second-order valence-electron chi connectivity index (χ2n) is 3.97. The predicted molar refractivity (Wildman–Crippen MR) is 51.7 cm³/mol. The Kier molecular flexibility index (Phi) is 2.61. The van der Waals surface area contributed by atoms with Crippen LogP contribution in [0.3, 0.4) is 0 Å². The van der Waals surface area contributed by atoms with Crippen LogP contribution >= 0.6 is 0 Å². The lowest BCUT2D eigenvalue weighted by Gasteiger charge is -2.21. The Morgan fingerprint density at radius 1 is 1.54 bits per heavy atom. The summed E-state index contributed by atoms with van der Waals surface area (Å²) >= 11 is 0. The first-order valence-electron chi connectivity index (χ1n) is 4.32. The highest BCUT2D eigenvalue weighted by atomic mass is 16.5. The van der Waals surface area contributed by atoms with E-state index in [-0.39, 0.29) is 5.54 Å². The average molecular weight is 183 g/mol. The van der Waals surface area contributed by atoms with E-state index in [9.17, 15) is 0 Å². The van der Waals surface area contributed by atoms with Gasteiger partial charge in [0.2, 0.25) is 5.88 Å². The van der Waals surface area contributed by atoms with Crippen LogP contribution in [0.25, 0.3) is 0 Å². The predicted octanol–water partition coefficient (Wildman–Crippen LogP) is 1.11. The molecule has 0 aliphatic rings. The van der Waals surface area contributed by atoms with Gasteiger partial charge in [0.1, 0.15) is 0 Å². The third kappa shape index (κ3) is 1.83. The van der Waals surface area contributed by atoms with Gasteiger partial charge in [0.25, 0.3) is 0 Å². The largest absolute Gasteiger partial charge is 0.481 e. The Hall–Kier alpha value is -1.03. The van der Waals surface area contributed by atoms with E-state index in [0.29, 0.717) is 6.54 Å². The maximum atomic E-state index is 5.55. The van der Waals surface area contributed by atoms with Crippen LogP contribution in [0, 0.1) is 0 Å². The van der Waals surface area contributed by atoms with Crippen molar-refractivity contribution in [1.82, 2.24) is 9.78 Å². The molecule has 0 spiro atoms. The lowest BCUT2D eigenvalue weighted by molar-refractivity contribution is 0.280. The van der Waals surface area contributed by atoms with E-state index >= 15 is 0 Å². The molecule has 1 heterocycles. The van der Waals surface area contributed by atoms with E-state index in [0.717, 1.165) is 11.4 Å². The highest BCUT2D eigenvalue weighted by Gasteiger charge is 2.20. The summed E-state index contributed by atoms with van der Waals surface area (Å²) in [5, 5.41) is 4.24. The third-order valence-electron chi connectivity index (χ3n) is 1.84. The number of nitrogens with two attached hydrogens (primary N) is 1. The summed E-state index contributed by atoms with van der Waals surface area (Å²) in [7, 11) is 1.64. The summed E-state index contributed by atoms with van der Waals surface area (Å²) in [5.41, 5.74) is 6.42. The van der Waals surface area contributed by atoms with Crippen molar-refractivity contribution in [2.45, 2.75) is 32.9 Å². The number of hydrogen-bond acceptors (Lipinski definition) is 3. The van der Waals surface area contributed by atoms with E-state index in [1.54, 1.807) is 13.3 Å². The lowest BCUT2D eigenvalue weighted by atomic mass is 10.1. The van der Waals surface area contributed by atoms with E-state index in [2.05, 4.69) is 25.9 Å². The van der Waals surface area contributed by atoms with Crippen LogP contribution in [-0.2, 0) is 12.1 Å². The van der Waals surface area contributed by atoms with Gasteiger partial charge in [0, 0.05) is 12.1 Å². The smallest absolute Gasteiger partial charge is 0.216 e. The van der Waals surface area contributed by atoms with Crippen molar-refractivity contribution in [2.75, 3.05) is 7.11 Å². The van der Waals surface area contributed by atoms with E-state index in [4.69, 9.17) is 10.5 Å². The number of ether oxygens (including phenoxy) is 1. The molecular formula is C9H17N3O. The molecule has 74 valence electrons. The van der Waals surface area contributed by atoms with Crippen LogP contribution in [0.5, 0.6) is 5.88 Å². The Balaban J connectivity index is 3.16. The molecule has 1 aromatic rings. The quantitative estimate of drug-likeness (QED) is 0.747. The van der Waals surface area contributed by atoms with Crippen LogP contribution < -0.4 is 10.5 Å². The lowest BCUT2D eigenvalue weighted by Crippen LogP contribution is -2.23. The standard InChI is InChI=1S/C9H17N3O/c1-9(2,3)12-8(13-4)7(5-10)6-11-12/h6H,5,10H2,1-4H3. The molecule has 4 nitrogen and oxygen atoms in total. The van der Waals surface area contributed by atoms with Crippen LogP contribution in [0.1, 0.15) is 26.3 Å². The first kappa shape index (κ1) is 10.1. The summed E-state index contributed by atoms with van der Waals surface area (Å²) in [6, 6.07) is 0. The number of aromatic nitrogens is 2. The average Bonchev–Trinajstić information content (AvgIpc) is 2.45. The number of hydrogen-bond donors (Lipinski definition) is 1. The molecule has 13 heavy (non-hydrogen) atoms. The molecule has 0 unspecified atom stereocenters. The van der Waals surface area contributed by atoms with Crippen molar-refractivity contribution in [3.05, 3.63) is 11.8 Å². The molecule has 1 aromatic heterocycles. The van der Waals surface area contributed by atoms with Crippen molar-refractivity contribution in [2.24, 2.45) is 5.73 Å². The summed E-state index contributed by atoms with van der Waals surface area (Å²) in [5.74, 6) is 0.759. The Labute approximate surface area is 78.7 Å². The molecule has 1 rings (SSSR count). The molecule has 0 bridgehead atoms. The minimum atomic E-state index is -0.0707. The Morgan fingerprint density at radius 2 is 2.15 bits per heavy atom. The zero-order chi connectivity index (χ0) is 10.1. The van der Waals surface area contributed by atoms with Gasteiger partial charge in [-0.25, -0.2) is 4.68 Å². The number of nitrogens with zero attached hydrogens (tertiary/aromatic N) is 2. The highest BCUT2D eigenvalue weighted by Crippen LogP contribution is 2.24. The van der Waals surface area contributed by atoms with Gasteiger partial charge in [0.15, 0.2) is 0 Å². The third-order valence-corrected chi connectivity index (χ3v) is 1.84. The maximum absolute atomic E-state index is 5.55. The maximum Gasteiger partial charge on any atom is 0.216 e. The van der Waals surface area contributed by atoms with Gasteiger partial charge in [-0.3, -0.25) is 0 Å². The first-order chi connectivity index (χ1) is 6.00. The van der Waals surface area contributed by atoms with Crippen molar-refractivity contribution in [1.29, 1.82) is 0 Å². The first-order valence-corrected chi connectivity index (χ1v) is 4.32. The minimum Gasteiger partial charge on any atom is -0.481 e. The molecule has 0 aromatic carbocycles. The highest BCUT2D eigenvalue weighted by molar-refractivity contribution is 5.25. The SMILES string of the molecule is COc1c(CN)cnn1C(C)(C)C. The van der Waals surface area contributed by atoms with Gasteiger partial charge >= 0.3 is 0 Å². The van der Waals surface area contributed by atoms with E-state index < -0.39 is 0 Å². The fraction of sp³-hybridized carbons (Fsp3) is 0.667. The molecule has 0 saturated carbocycles. The number of rotatable bonds is 2. The van der Waals surface area contributed by atoms with Crippen molar-refractivity contribution >= 4 is 0 Å². The minimum absolute atomic E-state index is 0.0707. The normalized spacial score (nSPS) is 11.8. The molecule has 2 N–H and O–H groups in total. The topological polar surface area (TPSA) is 53.1 Å². The fourth-order valence-electron chi connectivity index (χ4n) is 1.21.